The Balaban J connectivity index is 1.72. The van der Waals surface area contributed by atoms with Crippen LogP contribution in [0.1, 0.15) is 23.6 Å². The molecule has 35 heavy (non-hydrogen) atoms. The highest BCUT2D eigenvalue weighted by Gasteiger charge is 2.35. The van der Waals surface area contributed by atoms with Crippen LogP contribution in [0.25, 0.3) is 0 Å². The maximum absolute atomic E-state index is 12.3. The van der Waals surface area contributed by atoms with Crippen molar-refractivity contribution >= 4 is 13.8 Å². The van der Waals surface area contributed by atoms with Gasteiger partial charge in [-0.05, 0) is 23.6 Å². The minimum atomic E-state index is -4.33. The first-order chi connectivity index (χ1) is 16.8. The Labute approximate surface area is 206 Å². The number of phosphoric ester groups is 1. The molecule has 0 radical (unpaired) electrons. The lowest BCUT2D eigenvalue weighted by Crippen LogP contribution is -2.46. The molecule has 1 unspecified atom stereocenters. The van der Waals surface area contributed by atoms with Crippen molar-refractivity contribution in [3.05, 3.63) is 120 Å². The van der Waals surface area contributed by atoms with Crippen LogP contribution < -0.4 is 5.32 Å². The van der Waals surface area contributed by atoms with E-state index in [4.69, 9.17) is 13.8 Å². The fraction of sp³-hybridized carbons (Fsp3) is 0.222. The van der Waals surface area contributed by atoms with Crippen LogP contribution in [-0.2, 0) is 28.7 Å². The van der Waals surface area contributed by atoms with Gasteiger partial charge in [0.2, 0.25) is 0 Å². The highest BCUT2D eigenvalue weighted by Crippen LogP contribution is 2.43. The lowest BCUT2D eigenvalue weighted by atomic mass is 9.77. The molecule has 7 nitrogen and oxygen atoms in total. The predicted molar refractivity (Wildman–Crippen MR) is 135 cm³/mol. The fourth-order valence-electron chi connectivity index (χ4n) is 3.72. The van der Waals surface area contributed by atoms with Gasteiger partial charge in [0, 0.05) is 12.1 Å². The van der Waals surface area contributed by atoms with Crippen molar-refractivity contribution in [3.63, 3.8) is 0 Å². The number of rotatable bonds is 13. The van der Waals surface area contributed by atoms with E-state index in [1.54, 1.807) is 0 Å². The molecule has 0 saturated heterocycles. The summed E-state index contributed by atoms with van der Waals surface area (Å²) < 4.78 is 27.2. The van der Waals surface area contributed by atoms with Crippen LogP contribution in [-0.4, -0.2) is 37.2 Å². The van der Waals surface area contributed by atoms with Crippen LogP contribution in [0, 0.1) is 0 Å². The molecular weight excluding hydrogens is 465 g/mol. The van der Waals surface area contributed by atoms with Gasteiger partial charge in [0.1, 0.15) is 6.61 Å². The van der Waals surface area contributed by atoms with Crippen molar-refractivity contribution in [2.45, 2.75) is 12.5 Å². The number of phosphoric acid groups is 1. The summed E-state index contributed by atoms with van der Waals surface area (Å²) in [6.07, 6.45) is 0. The largest absolute Gasteiger partial charge is 0.472 e. The van der Waals surface area contributed by atoms with E-state index in [1.165, 1.54) is 6.92 Å². The molecule has 3 aromatic rings. The molecule has 0 aromatic heterocycles. The summed E-state index contributed by atoms with van der Waals surface area (Å²) in [5.41, 5.74) is 2.56. The molecule has 0 saturated carbocycles. The van der Waals surface area contributed by atoms with Gasteiger partial charge in [-0.15, -0.1) is 0 Å². The Morgan fingerprint density at radius 2 is 1.26 bits per heavy atom. The second-order valence-electron chi connectivity index (χ2n) is 7.83. The first-order valence-electron chi connectivity index (χ1n) is 11.2. The Morgan fingerprint density at radius 1 is 0.829 bits per heavy atom. The third-order valence-corrected chi connectivity index (χ3v) is 6.30. The van der Waals surface area contributed by atoms with Crippen molar-refractivity contribution in [1.29, 1.82) is 0 Å². The normalized spacial score (nSPS) is 13.1. The van der Waals surface area contributed by atoms with Crippen LogP contribution in [0.3, 0.4) is 0 Å². The van der Waals surface area contributed by atoms with Gasteiger partial charge in [-0.25, -0.2) is 9.36 Å². The molecule has 0 aliphatic rings. The Kier molecular flexibility index (Phi) is 9.55. The smallest absolute Gasteiger partial charge is 0.460 e. The lowest BCUT2D eigenvalue weighted by Gasteiger charge is -2.37. The van der Waals surface area contributed by atoms with E-state index in [0.717, 1.165) is 16.7 Å². The maximum Gasteiger partial charge on any atom is 0.472 e. The molecule has 184 valence electrons. The molecule has 3 aromatic carbocycles. The standard InChI is InChI=1S/C27H30NO6P/c1-22(2)26(29)32-20-21-34-35(30,31)33-19-18-28-27(23-12-6-3-7-13-23,24-14-8-4-9-15-24)25-16-10-5-11-17-25/h3-17,28H,1,18-21H2,2H3,(H,30,31). The van der Waals surface area contributed by atoms with Crippen LogP contribution in [0.2, 0.25) is 0 Å². The fourth-order valence-corrected chi connectivity index (χ4v) is 4.42. The summed E-state index contributed by atoms with van der Waals surface area (Å²) >= 11 is 0. The molecule has 0 amide bonds. The van der Waals surface area contributed by atoms with Gasteiger partial charge < -0.3 is 9.63 Å². The molecule has 2 N–H and O–H groups in total. The zero-order valence-electron chi connectivity index (χ0n) is 19.6. The van der Waals surface area contributed by atoms with Crippen molar-refractivity contribution in [2.24, 2.45) is 0 Å². The summed E-state index contributed by atoms with van der Waals surface area (Å²) in [5.74, 6) is -0.592. The lowest BCUT2D eigenvalue weighted by molar-refractivity contribution is -0.139. The number of carbonyl (C=O) groups is 1. The third kappa shape index (κ3) is 7.21. The van der Waals surface area contributed by atoms with E-state index >= 15 is 0 Å². The average Bonchev–Trinajstić information content (AvgIpc) is 2.88. The van der Waals surface area contributed by atoms with Gasteiger partial charge in [0.25, 0.3) is 0 Å². The van der Waals surface area contributed by atoms with Gasteiger partial charge in [-0.1, -0.05) is 97.6 Å². The number of hydrogen-bond donors (Lipinski definition) is 2. The van der Waals surface area contributed by atoms with Crippen LogP contribution >= 0.6 is 7.82 Å². The molecular formula is C27H30NO6P. The molecule has 3 rings (SSSR count). The number of carbonyl (C=O) groups excluding carboxylic acids is 1. The quantitative estimate of drug-likeness (QED) is 0.115. The zero-order valence-corrected chi connectivity index (χ0v) is 20.5. The van der Waals surface area contributed by atoms with Crippen molar-refractivity contribution in [1.82, 2.24) is 5.32 Å². The predicted octanol–water partition coefficient (Wildman–Crippen LogP) is 4.82. The number of benzene rings is 3. The first-order valence-corrected chi connectivity index (χ1v) is 12.7. The SMILES string of the molecule is C=C(C)C(=O)OCCOP(=O)(O)OCCNC(c1ccccc1)(c1ccccc1)c1ccccc1. The van der Waals surface area contributed by atoms with Gasteiger partial charge >= 0.3 is 13.8 Å². The minimum Gasteiger partial charge on any atom is -0.460 e. The van der Waals surface area contributed by atoms with Crippen LogP contribution in [0.15, 0.2) is 103 Å². The van der Waals surface area contributed by atoms with Crippen molar-refractivity contribution < 1.29 is 28.0 Å². The second kappa shape index (κ2) is 12.6. The number of esters is 1. The van der Waals surface area contributed by atoms with Gasteiger partial charge in [-0.2, -0.15) is 0 Å². The molecule has 0 fully saturated rings. The molecule has 8 heteroatoms. The van der Waals surface area contributed by atoms with Crippen molar-refractivity contribution in [2.75, 3.05) is 26.4 Å². The molecule has 0 bridgehead atoms. The molecule has 0 heterocycles. The summed E-state index contributed by atoms with van der Waals surface area (Å²) in [6, 6.07) is 30.0. The molecule has 1 atom stereocenters. The highest BCUT2D eigenvalue weighted by molar-refractivity contribution is 7.47. The number of nitrogens with one attached hydrogen (secondary N) is 1. The Hall–Kier alpha value is -3.06. The topological polar surface area (TPSA) is 94.1 Å². The van der Waals surface area contributed by atoms with E-state index in [2.05, 4.69) is 11.9 Å². The zero-order chi connectivity index (χ0) is 25.2. The first kappa shape index (κ1) is 26.5. The summed E-state index contributed by atoms with van der Waals surface area (Å²) in [5, 5.41) is 3.56. The second-order valence-corrected chi connectivity index (χ2v) is 9.28. The van der Waals surface area contributed by atoms with Crippen LogP contribution in [0.5, 0.6) is 0 Å². The van der Waals surface area contributed by atoms with E-state index in [0.29, 0.717) is 0 Å². The minimum absolute atomic E-state index is 0.0897. The van der Waals surface area contributed by atoms with E-state index in [1.807, 2.05) is 91.0 Å². The Morgan fingerprint density at radius 3 is 1.69 bits per heavy atom. The highest BCUT2D eigenvalue weighted by atomic mass is 31.2. The van der Waals surface area contributed by atoms with Gasteiger partial charge in [0.05, 0.1) is 18.8 Å². The Bertz CT molecular complexity index is 1040. The number of hydrogen-bond acceptors (Lipinski definition) is 6. The summed E-state index contributed by atoms with van der Waals surface area (Å²) in [4.78, 5) is 21.4. The summed E-state index contributed by atoms with van der Waals surface area (Å²) in [7, 11) is -4.33. The molecule has 0 aliphatic heterocycles. The summed E-state index contributed by atoms with van der Waals surface area (Å²) in [6.45, 7) is 4.68. The average molecular weight is 496 g/mol. The third-order valence-electron chi connectivity index (χ3n) is 5.29. The van der Waals surface area contributed by atoms with E-state index < -0.39 is 19.3 Å². The number of ether oxygens (including phenoxy) is 1. The molecule has 0 spiro atoms. The van der Waals surface area contributed by atoms with Gasteiger partial charge in [0.15, 0.2) is 0 Å². The monoisotopic (exact) mass is 495 g/mol. The van der Waals surface area contributed by atoms with E-state index in [-0.39, 0.29) is 31.9 Å². The van der Waals surface area contributed by atoms with Crippen LogP contribution in [0.4, 0.5) is 0 Å². The van der Waals surface area contributed by atoms with Crippen molar-refractivity contribution in [3.8, 4) is 0 Å². The van der Waals surface area contributed by atoms with Gasteiger partial charge in [-0.3, -0.25) is 14.4 Å². The molecule has 0 aliphatic carbocycles. The van der Waals surface area contributed by atoms with E-state index in [9.17, 15) is 14.3 Å². The maximum atomic E-state index is 12.3.